The van der Waals surface area contributed by atoms with Crippen LogP contribution in [0.15, 0.2) is 36.5 Å². The summed E-state index contributed by atoms with van der Waals surface area (Å²) in [6.45, 7) is 0. The Labute approximate surface area is 100 Å². The zero-order valence-corrected chi connectivity index (χ0v) is 9.50. The Bertz CT molecular complexity index is 556. The van der Waals surface area contributed by atoms with Crippen LogP contribution in [0.5, 0.6) is 0 Å². The molecule has 1 aliphatic carbocycles. The number of nitriles is 1. The van der Waals surface area contributed by atoms with Crippen LogP contribution in [0.2, 0.25) is 0 Å². The van der Waals surface area contributed by atoms with Gasteiger partial charge in [0.05, 0.1) is 18.2 Å². The van der Waals surface area contributed by atoms with Crippen LogP contribution in [-0.2, 0) is 6.42 Å². The van der Waals surface area contributed by atoms with E-state index >= 15 is 0 Å². The van der Waals surface area contributed by atoms with Crippen LogP contribution in [0.1, 0.15) is 30.0 Å². The van der Waals surface area contributed by atoms with Gasteiger partial charge in [-0.25, -0.2) is 4.68 Å². The molecule has 84 valence electrons. The lowest BCUT2D eigenvalue weighted by Gasteiger charge is -2.06. The van der Waals surface area contributed by atoms with Crippen LogP contribution >= 0.6 is 0 Å². The molecule has 17 heavy (non-hydrogen) atoms. The molecule has 3 nitrogen and oxygen atoms in total. The van der Waals surface area contributed by atoms with Crippen LogP contribution in [0, 0.1) is 11.3 Å². The molecule has 0 spiro atoms. The Morgan fingerprint density at radius 3 is 2.65 bits per heavy atom. The van der Waals surface area contributed by atoms with E-state index in [4.69, 9.17) is 5.26 Å². The van der Waals surface area contributed by atoms with Gasteiger partial charge in [-0.05, 0) is 36.6 Å². The Kier molecular flexibility index (Phi) is 2.41. The van der Waals surface area contributed by atoms with Crippen LogP contribution < -0.4 is 0 Å². The van der Waals surface area contributed by atoms with E-state index < -0.39 is 0 Å². The Morgan fingerprint density at radius 1 is 1.24 bits per heavy atom. The average molecular weight is 223 g/mol. The second kappa shape index (κ2) is 4.06. The second-order valence-electron chi connectivity index (χ2n) is 4.44. The average Bonchev–Trinajstić information content (AvgIpc) is 3.09. The van der Waals surface area contributed by atoms with Gasteiger partial charge in [0.1, 0.15) is 0 Å². The smallest absolute Gasteiger partial charge is 0.0669 e. The molecular weight excluding hydrogens is 210 g/mol. The molecule has 0 aliphatic heterocycles. The summed E-state index contributed by atoms with van der Waals surface area (Å²) in [5, 5.41) is 13.0. The van der Waals surface area contributed by atoms with Crippen molar-refractivity contribution < 1.29 is 0 Å². The molecule has 1 aromatic carbocycles. The highest BCUT2D eigenvalue weighted by Crippen LogP contribution is 2.40. The van der Waals surface area contributed by atoms with Crippen LogP contribution in [0.4, 0.5) is 0 Å². The van der Waals surface area contributed by atoms with Gasteiger partial charge in [0.25, 0.3) is 0 Å². The molecule has 3 heteroatoms. The van der Waals surface area contributed by atoms with Crippen molar-refractivity contribution in [2.45, 2.75) is 25.2 Å². The number of benzene rings is 1. The molecule has 0 radical (unpaired) electrons. The molecule has 0 amide bonds. The maximum absolute atomic E-state index is 8.63. The fourth-order valence-electron chi connectivity index (χ4n) is 2.06. The molecule has 1 aliphatic rings. The molecule has 0 saturated heterocycles. The summed E-state index contributed by atoms with van der Waals surface area (Å²) in [5.74, 6) is 0.691. The lowest BCUT2D eigenvalue weighted by atomic mass is 10.1. The Balaban J connectivity index is 1.92. The van der Waals surface area contributed by atoms with Gasteiger partial charge in [-0.2, -0.15) is 10.4 Å². The molecule has 0 bridgehead atoms. The van der Waals surface area contributed by atoms with E-state index in [0.717, 1.165) is 11.3 Å². The van der Waals surface area contributed by atoms with Crippen molar-refractivity contribution in [2.24, 2.45) is 0 Å². The van der Waals surface area contributed by atoms with Crippen LogP contribution in [0.3, 0.4) is 0 Å². The highest BCUT2D eigenvalue weighted by Gasteiger charge is 2.27. The van der Waals surface area contributed by atoms with Gasteiger partial charge in [-0.15, -0.1) is 0 Å². The molecule has 0 atom stereocenters. The van der Waals surface area contributed by atoms with Crippen molar-refractivity contribution >= 4 is 0 Å². The van der Waals surface area contributed by atoms with E-state index in [9.17, 15) is 0 Å². The predicted octanol–water partition coefficient (Wildman–Crippen LogP) is 2.82. The van der Waals surface area contributed by atoms with Crippen molar-refractivity contribution in [3.05, 3.63) is 47.8 Å². The number of hydrogen-bond donors (Lipinski definition) is 0. The number of hydrogen-bond acceptors (Lipinski definition) is 2. The van der Waals surface area contributed by atoms with Crippen molar-refractivity contribution in [2.75, 3.05) is 0 Å². The van der Waals surface area contributed by atoms with Crippen molar-refractivity contribution in [3.63, 3.8) is 0 Å². The molecule has 1 saturated carbocycles. The first-order valence-corrected chi connectivity index (χ1v) is 5.88. The molecule has 0 unspecified atom stereocenters. The Hall–Kier alpha value is -2.08. The highest BCUT2D eigenvalue weighted by atomic mass is 15.3. The first kappa shape index (κ1) is 10.1. The van der Waals surface area contributed by atoms with Crippen molar-refractivity contribution in [3.8, 4) is 11.8 Å². The summed E-state index contributed by atoms with van der Waals surface area (Å²) in [6, 6.07) is 12.3. The topological polar surface area (TPSA) is 41.6 Å². The minimum absolute atomic E-state index is 0.467. The lowest BCUT2D eigenvalue weighted by Crippen LogP contribution is -2.00. The monoisotopic (exact) mass is 223 g/mol. The van der Waals surface area contributed by atoms with Gasteiger partial charge >= 0.3 is 0 Å². The summed E-state index contributed by atoms with van der Waals surface area (Å²) in [7, 11) is 0. The van der Waals surface area contributed by atoms with E-state index in [-0.39, 0.29) is 0 Å². The number of nitrogens with zero attached hydrogens (tertiary/aromatic N) is 3. The van der Waals surface area contributed by atoms with Gasteiger partial charge in [0.15, 0.2) is 0 Å². The summed E-state index contributed by atoms with van der Waals surface area (Å²) < 4.78 is 2.01. The van der Waals surface area contributed by atoms with Crippen LogP contribution in [0.25, 0.3) is 5.69 Å². The van der Waals surface area contributed by atoms with E-state index in [1.54, 1.807) is 0 Å². The SMILES string of the molecule is N#CCc1ccc(-n2nccc2C2CC2)cc1. The van der Waals surface area contributed by atoms with Crippen molar-refractivity contribution in [1.82, 2.24) is 9.78 Å². The van der Waals surface area contributed by atoms with Gasteiger partial charge in [0, 0.05) is 17.8 Å². The van der Waals surface area contributed by atoms with E-state index in [2.05, 4.69) is 17.2 Å². The van der Waals surface area contributed by atoms with E-state index in [0.29, 0.717) is 12.3 Å². The van der Waals surface area contributed by atoms with E-state index in [1.807, 2.05) is 35.1 Å². The molecule has 1 heterocycles. The van der Waals surface area contributed by atoms with Gasteiger partial charge in [-0.3, -0.25) is 0 Å². The minimum Gasteiger partial charge on any atom is -0.238 e. The molecular formula is C14H13N3. The first-order valence-electron chi connectivity index (χ1n) is 5.88. The zero-order chi connectivity index (χ0) is 11.7. The number of rotatable bonds is 3. The Morgan fingerprint density at radius 2 is 2.00 bits per heavy atom. The van der Waals surface area contributed by atoms with Crippen molar-refractivity contribution in [1.29, 1.82) is 5.26 Å². The molecule has 0 N–H and O–H groups in total. The number of aromatic nitrogens is 2. The molecule has 1 aromatic heterocycles. The fraction of sp³-hybridized carbons (Fsp3) is 0.286. The summed E-state index contributed by atoms with van der Waals surface area (Å²) in [6.07, 6.45) is 4.88. The zero-order valence-electron chi connectivity index (χ0n) is 9.50. The highest BCUT2D eigenvalue weighted by molar-refractivity contribution is 5.37. The summed E-state index contributed by atoms with van der Waals surface area (Å²) in [4.78, 5) is 0. The predicted molar refractivity (Wildman–Crippen MR) is 64.9 cm³/mol. The third-order valence-corrected chi connectivity index (χ3v) is 3.13. The van der Waals surface area contributed by atoms with Crippen LogP contribution in [-0.4, -0.2) is 9.78 Å². The standard InChI is InChI=1S/C14H13N3/c15-9-7-11-1-5-13(6-2-11)17-14(8-10-16-17)12-3-4-12/h1-2,5-6,8,10,12H,3-4,7H2. The maximum Gasteiger partial charge on any atom is 0.0669 e. The molecule has 3 rings (SSSR count). The maximum atomic E-state index is 8.63. The molecule has 2 aromatic rings. The van der Waals surface area contributed by atoms with Gasteiger partial charge < -0.3 is 0 Å². The largest absolute Gasteiger partial charge is 0.238 e. The normalized spacial score (nSPS) is 14.5. The summed E-state index contributed by atoms with van der Waals surface area (Å²) >= 11 is 0. The first-order chi connectivity index (χ1) is 8.38. The third-order valence-electron chi connectivity index (χ3n) is 3.13. The van der Waals surface area contributed by atoms with Gasteiger partial charge in [0.2, 0.25) is 0 Å². The summed E-state index contributed by atoms with van der Waals surface area (Å²) in [5.41, 5.74) is 3.44. The van der Waals surface area contributed by atoms with E-state index in [1.165, 1.54) is 18.5 Å². The third kappa shape index (κ3) is 1.94. The quantitative estimate of drug-likeness (QED) is 0.802. The second-order valence-corrected chi connectivity index (χ2v) is 4.44. The minimum atomic E-state index is 0.467. The molecule has 1 fully saturated rings. The lowest BCUT2D eigenvalue weighted by molar-refractivity contribution is 0.808. The van der Waals surface area contributed by atoms with Gasteiger partial charge in [-0.1, -0.05) is 12.1 Å². The fourth-order valence-corrected chi connectivity index (χ4v) is 2.06.